The van der Waals surface area contributed by atoms with Crippen molar-refractivity contribution in [3.63, 3.8) is 0 Å². The molecule has 0 aromatic heterocycles. The van der Waals surface area contributed by atoms with E-state index in [1.807, 2.05) is 19.2 Å². The van der Waals surface area contributed by atoms with Crippen molar-refractivity contribution in [2.45, 2.75) is 26.9 Å². The highest BCUT2D eigenvalue weighted by molar-refractivity contribution is 5.25. The second-order valence-corrected chi connectivity index (χ2v) is 5.58. The average Bonchev–Trinajstić information content (AvgIpc) is 2.39. The van der Waals surface area contributed by atoms with Gasteiger partial charge in [0.15, 0.2) is 0 Å². The molecule has 0 amide bonds. The minimum Gasteiger partial charge on any atom is -0.383 e. The van der Waals surface area contributed by atoms with Crippen molar-refractivity contribution in [2.75, 3.05) is 33.9 Å². The van der Waals surface area contributed by atoms with Crippen LogP contribution in [-0.2, 0) is 17.8 Å². The molecule has 0 aliphatic heterocycles. The number of hydrogen-bond acceptors (Lipinski definition) is 3. The van der Waals surface area contributed by atoms with E-state index in [0.717, 1.165) is 30.8 Å². The first-order valence-electron chi connectivity index (χ1n) is 7.20. The zero-order valence-corrected chi connectivity index (χ0v) is 13.1. The number of methoxy groups -OCH3 is 1. The summed E-state index contributed by atoms with van der Waals surface area (Å²) in [4.78, 5) is 2.25. The van der Waals surface area contributed by atoms with E-state index in [1.54, 1.807) is 13.2 Å². The van der Waals surface area contributed by atoms with Gasteiger partial charge in [0.05, 0.1) is 6.61 Å². The number of benzene rings is 1. The maximum atomic E-state index is 14.0. The summed E-state index contributed by atoms with van der Waals surface area (Å²) in [5.74, 6) is 0.423. The lowest BCUT2D eigenvalue weighted by Gasteiger charge is -2.24. The van der Waals surface area contributed by atoms with E-state index < -0.39 is 0 Å². The van der Waals surface area contributed by atoms with Crippen LogP contribution >= 0.6 is 0 Å². The Kier molecular flexibility index (Phi) is 7.73. The van der Waals surface area contributed by atoms with Gasteiger partial charge in [-0.1, -0.05) is 26.0 Å². The molecule has 0 unspecified atom stereocenters. The van der Waals surface area contributed by atoms with Crippen LogP contribution in [0.4, 0.5) is 4.39 Å². The highest BCUT2D eigenvalue weighted by Crippen LogP contribution is 2.14. The molecule has 0 saturated carbocycles. The van der Waals surface area contributed by atoms with E-state index in [1.165, 1.54) is 0 Å². The van der Waals surface area contributed by atoms with Gasteiger partial charge in [0.2, 0.25) is 0 Å². The molecule has 0 saturated heterocycles. The first-order chi connectivity index (χ1) is 9.56. The maximum absolute atomic E-state index is 14.0. The van der Waals surface area contributed by atoms with E-state index in [2.05, 4.69) is 24.1 Å². The average molecular weight is 282 g/mol. The van der Waals surface area contributed by atoms with Gasteiger partial charge in [-0.25, -0.2) is 4.39 Å². The van der Waals surface area contributed by atoms with Gasteiger partial charge in [-0.2, -0.15) is 0 Å². The largest absolute Gasteiger partial charge is 0.383 e. The van der Waals surface area contributed by atoms with Gasteiger partial charge in [0.25, 0.3) is 0 Å². The first kappa shape index (κ1) is 17.1. The van der Waals surface area contributed by atoms with Crippen LogP contribution in [0.3, 0.4) is 0 Å². The van der Waals surface area contributed by atoms with E-state index in [4.69, 9.17) is 4.74 Å². The second kappa shape index (κ2) is 9.06. The smallest absolute Gasteiger partial charge is 0.127 e. The van der Waals surface area contributed by atoms with E-state index >= 15 is 0 Å². The third-order valence-corrected chi connectivity index (χ3v) is 3.12. The molecular weight excluding hydrogens is 255 g/mol. The lowest BCUT2D eigenvalue weighted by atomic mass is 10.1. The molecule has 3 nitrogen and oxygen atoms in total. The van der Waals surface area contributed by atoms with Crippen LogP contribution < -0.4 is 5.32 Å². The van der Waals surface area contributed by atoms with E-state index in [9.17, 15) is 4.39 Å². The zero-order valence-electron chi connectivity index (χ0n) is 13.1. The minimum atomic E-state index is -0.129. The molecule has 0 spiro atoms. The Balaban J connectivity index is 2.77. The van der Waals surface area contributed by atoms with Crippen molar-refractivity contribution < 1.29 is 9.13 Å². The summed E-state index contributed by atoms with van der Waals surface area (Å²) in [5.41, 5.74) is 1.87. The third-order valence-electron chi connectivity index (χ3n) is 3.12. The molecule has 4 heteroatoms. The fourth-order valence-corrected chi connectivity index (χ4v) is 2.28. The summed E-state index contributed by atoms with van der Waals surface area (Å²) in [6.45, 7) is 8.18. The quantitative estimate of drug-likeness (QED) is 0.753. The molecule has 114 valence electrons. The van der Waals surface area contributed by atoms with Crippen LogP contribution in [0.1, 0.15) is 25.0 Å². The van der Waals surface area contributed by atoms with Gasteiger partial charge >= 0.3 is 0 Å². The minimum absolute atomic E-state index is 0.129. The summed E-state index contributed by atoms with van der Waals surface area (Å²) in [5, 5.41) is 3.09. The third kappa shape index (κ3) is 5.99. The van der Waals surface area contributed by atoms with Crippen molar-refractivity contribution in [1.29, 1.82) is 0 Å². The first-order valence-corrected chi connectivity index (χ1v) is 7.20. The van der Waals surface area contributed by atoms with E-state index in [0.29, 0.717) is 19.1 Å². The number of ether oxygens (including phenoxy) is 1. The van der Waals surface area contributed by atoms with Crippen molar-refractivity contribution in [3.05, 3.63) is 35.1 Å². The molecule has 0 fully saturated rings. The van der Waals surface area contributed by atoms with Crippen molar-refractivity contribution in [3.8, 4) is 0 Å². The molecule has 1 aromatic carbocycles. The normalized spacial score (nSPS) is 11.6. The number of hydrogen-bond donors (Lipinski definition) is 1. The SMILES string of the molecule is CNCc1ccc(F)c(CN(CCOC)CC(C)C)c1. The molecule has 0 aliphatic carbocycles. The Morgan fingerprint density at radius 1 is 1.35 bits per heavy atom. The Bertz CT molecular complexity index is 396. The predicted octanol–water partition coefficient (Wildman–Crippen LogP) is 2.65. The van der Waals surface area contributed by atoms with Gasteiger partial charge in [-0.3, -0.25) is 4.90 Å². The van der Waals surface area contributed by atoms with Crippen LogP contribution in [0.15, 0.2) is 18.2 Å². The van der Waals surface area contributed by atoms with Crippen molar-refractivity contribution in [1.82, 2.24) is 10.2 Å². The number of halogens is 1. The lowest BCUT2D eigenvalue weighted by Crippen LogP contribution is -2.31. The van der Waals surface area contributed by atoms with Gasteiger partial charge in [0, 0.05) is 38.9 Å². The lowest BCUT2D eigenvalue weighted by molar-refractivity contribution is 0.135. The second-order valence-electron chi connectivity index (χ2n) is 5.58. The Morgan fingerprint density at radius 3 is 2.70 bits per heavy atom. The summed E-state index contributed by atoms with van der Waals surface area (Å²) in [6, 6.07) is 5.34. The summed E-state index contributed by atoms with van der Waals surface area (Å²) in [6.07, 6.45) is 0. The molecule has 0 heterocycles. The molecule has 1 rings (SSSR count). The Labute approximate surface area is 122 Å². The monoisotopic (exact) mass is 282 g/mol. The predicted molar refractivity (Wildman–Crippen MR) is 81.2 cm³/mol. The number of nitrogens with one attached hydrogen (secondary N) is 1. The van der Waals surface area contributed by atoms with Crippen LogP contribution in [0, 0.1) is 11.7 Å². The maximum Gasteiger partial charge on any atom is 0.127 e. The molecular formula is C16H27FN2O. The van der Waals surface area contributed by atoms with Gasteiger partial charge < -0.3 is 10.1 Å². The van der Waals surface area contributed by atoms with Crippen molar-refractivity contribution in [2.24, 2.45) is 5.92 Å². The summed E-state index contributed by atoms with van der Waals surface area (Å²) >= 11 is 0. The molecule has 0 bridgehead atoms. The zero-order chi connectivity index (χ0) is 15.0. The van der Waals surface area contributed by atoms with E-state index in [-0.39, 0.29) is 5.82 Å². The van der Waals surface area contributed by atoms with Gasteiger partial charge in [-0.15, -0.1) is 0 Å². The Morgan fingerprint density at radius 2 is 2.10 bits per heavy atom. The molecule has 20 heavy (non-hydrogen) atoms. The van der Waals surface area contributed by atoms with Crippen LogP contribution in [-0.4, -0.2) is 38.8 Å². The molecule has 0 aliphatic rings. The highest BCUT2D eigenvalue weighted by atomic mass is 19.1. The van der Waals surface area contributed by atoms with Gasteiger partial charge in [-0.05, 0) is 24.6 Å². The summed E-state index contributed by atoms with van der Waals surface area (Å²) in [7, 11) is 3.59. The van der Waals surface area contributed by atoms with Crippen LogP contribution in [0.5, 0.6) is 0 Å². The fraction of sp³-hybridized carbons (Fsp3) is 0.625. The van der Waals surface area contributed by atoms with Gasteiger partial charge in [0.1, 0.15) is 5.82 Å². The van der Waals surface area contributed by atoms with Crippen LogP contribution in [0.25, 0.3) is 0 Å². The molecule has 0 atom stereocenters. The molecule has 1 aromatic rings. The molecule has 0 radical (unpaired) electrons. The number of nitrogens with zero attached hydrogens (tertiary/aromatic N) is 1. The number of rotatable bonds is 9. The fourth-order valence-electron chi connectivity index (χ4n) is 2.28. The highest BCUT2D eigenvalue weighted by Gasteiger charge is 2.11. The standard InChI is InChI=1S/C16H27FN2O/c1-13(2)11-19(7-8-20-4)12-15-9-14(10-18-3)5-6-16(15)17/h5-6,9,13,18H,7-8,10-12H2,1-4H3. The molecule has 1 N–H and O–H groups in total. The Hall–Kier alpha value is -0.970. The topological polar surface area (TPSA) is 24.5 Å². The summed E-state index contributed by atoms with van der Waals surface area (Å²) < 4.78 is 19.1. The van der Waals surface area contributed by atoms with Crippen LogP contribution in [0.2, 0.25) is 0 Å². The van der Waals surface area contributed by atoms with Crippen molar-refractivity contribution >= 4 is 0 Å².